The summed E-state index contributed by atoms with van der Waals surface area (Å²) in [5, 5.41) is 15.2. The van der Waals surface area contributed by atoms with Crippen LogP contribution in [0, 0.1) is 5.92 Å². The first kappa shape index (κ1) is 21.8. The van der Waals surface area contributed by atoms with Gasteiger partial charge in [0.2, 0.25) is 16.4 Å². The van der Waals surface area contributed by atoms with Gasteiger partial charge in [-0.2, -0.15) is 5.10 Å². The van der Waals surface area contributed by atoms with Gasteiger partial charge in [0.25, 0.3) is 5.91 Å². The van der Waals surface area contributed by atoms with E-state index in [9.17, 15) is 18.3 Å². The third kappa shape index (κ3) is 4.32. The molecule has 1 aromatic carbocycles. The van der Waals surface area contributed by atoms with Crippen molar-refractivity contribution in [3.8, 4) is 0 Å². The number of nitrogens with zero attached hydrogens (tertiary/aromatic N) is 4. The molecule has 31 heavy (non-hydrogen) atoms. The highest BCUT2D eigenvalue weighted by Gasteiger charge is 2.42. The monoisotopic (exact) mass is 447 g/mol. The van der Waals surface area contributed by atoms with Crippen molar-refractivity contribution in [3.05, 3.63) is 41.7 Å². The summed E-state index contributed by atoms with van der Waals surface area (Å²) in [4.78, 5) is 16.5. The van der Waals surface area contributed by atoms with Gasteiger partial charge in [-0.05, 0) is 43.9 Å². The Hall–Kier alpha value is -2.43. The first-order valence-electron chi connectivity index (χ1n) is 10.4. The van der Waals surface area contributed by atoms with Crippen LogP contribution in [0.1, 0.15) is 49.5 Å². The number of aliphatic hydroxyl groups is 1. The molecule has 2 heterocycles. The number of aliphatic hydroxyl groups excluding tert-OH is 1. The normalized spacial score (nSPS) is 20.3. The third-order valence-electron chi connectivity index (χ3n) is 5.69. The van der Waals surface area contributed by atoms with Gasteiger partial charge in [-0.25, -0.2) is 13.1 Å². The zero-order chi connectivity index (χ0) is 22.6. The molecule has 0 bridgehead atoms. The number of sulfonamides is 1. The predicted molar refractivity (Wildman–Crippen MR) is 116 cm³/mol. The summed E-state index contributed by atoms with van der Waals surface area (Å²) in [7, 11) is -1.97. The number of aryl methyl sites for hydroxylation is 1. The molecule has 1 amide bonds. The first-order valence-corrected chi connectivity index (χ1v) is 11.9. The molecule has 2 aromatic rings. The Bertz CT molecular complexity index is 1110. The van der Waals surface area contributed by atoms with E-state index in [4.69, 9.17) is 0 Å². The van der Waals surface area contributed by atoms with E-state index < -0.39 is 27.8 Å². The predicted octanol–water partition coefficient (Wildman–Crippen LogP) is 1.65. The third-order valence-corrected chi connectivity index (χ3v) is 7.33. The van der Waals surface area contributed by atoms with E-state index in [1.807, 2.05) is 20.8 Å². The fourth-order valence-corrected chi connectivity index (χ4v) is 5.31. The largest absolute Gasteiger partial charge is 0.356 e. The molecule has 4 rings (SSSR count). The van der Waals surface area contributed by atoms with Crippen LogP contribution in [0.4, 0.5) is 5.69 Å². The van der Waals surface area contributed by atoms with Crippen LogP contribution in [0.3, 0.4) is 0 Å². The summed E-state index contributed by atoms with van der Waals surface area (Å²) in [5.41, 5.74) is 1.16. The average Bonchev–Trinajstić information content (AvgIpc) is 3.25. The van der Waals surface area contributed by atoms with Crippen LogP contribution in [-0.4, -0.2) is 52.5 Å². The van der Waals surface area contributed by atoms with Gasteiger partial charge in [0.15, 0.2) is 0 Å². The average molecular weight is 448 g/mol. The second kappa shape index (κ2) is 7.61. The van der Waals surface area contributed by atoms with Crippen LogP contribution in [-0.2, 0) is 23.6 Å². The van der Waals surface area contributed by atoms with E-state index in [2.05, 4.69) is 9.82 Å². The first-order chi connectivity index (χ1) is 14.5. The summed E-state index contributed by atoms with van der Waals surface area (Å²) in [6.45, 7) is 6.58. The van der Waals surface area contributed by atoms with E-state index in [1.165, 1.54) is 17.0 Å². The van der Waals surface area contributed by atoms with Crippen molar-refractivity contribution in [2.45, 2.75) is 56.9 Å². The van der Waals surface area contributed by atoms with Crippen molar-refractivity contribution in [2.24, 2.45) is 13.0 Å². The van der Waals surface area contributed by atoms with Gasteiger partial charge in [-0.15, -0.1) is 0 Å². The zero-order valence-electron chi connectivity index (χ0n) is 18.2. The van der Waals surface area contributed by atoms with E-state index in [0.29, 0.717) is 12.2 Å². The number of hydrogen-bond acceptors (Lipinski definition) is 6. The van der Waals surface area contributed by atoms with Crippen LogP contribution in [0.25, 0.3) is 0 Å². The van der Waals surface area contributed by atoms with Crippen LogP contribution in [0.5, 0.6) is 0 Å². The lowest BCUT2D eigenvalue weighted by Crippen LogP contribution is -2.55. The molecule has 1 saturated carbocycles. The summed E-state index contributed by atoms with van der Waals surface area (Å²) in [6.07, 6.45) is 3.85. The van der Waals surface area contributed by atoms with E-state index in [1.54, 1.807) is 35.1 Å². The molecular formula is C21H29N5O4S. The van der Waals surface area contributed by atoms with Crippen molar-refractivity contribution in [1.29, 1.82) is 0 Å². The van der Waals surface area contributed by atoms with Crippen LogP contribution < -0.4 is 9.62 Å². The highest BCUT2D eigenvalue weighted by Crippen LogP contribution is 2.37. The minimum atomic E-state index is -3.75. The maximum Gasteiger partial charge on any atom is 0.259 e. The van der Waals surface area contributed by atoms with Crippen molar-refractivity contribution in [3.63, 3.8) is 0 Å². The Balaban J connectivity index is 1.73. The Labute approximate surface area is 182 Å². The fraction of sp³-hybridized carbons (Fsp3) is 0.524. The number of anilines is 1. The van der Waals surface area contributed by atoms with Gasteiger partial charge < -0.3 is 10.0 Å². The van der Waals surface area contributed by atoms with Crippen molar-refractivity contribution in [1.82, 2.24) is 19.4 Å². The summed E-state index contributed by atoms with van der Waals surface area (Å²) >= 11 is 0. The Morgan fingerprint density at radius 1 is 1.29 bits per heavy atom. The van der Waals surface area contributed by atoms with Gasteiger partial charge in [-0.1, -0.05) is 13.8 Å². The molecule has 0 spiro atoms. The highest BCUT2D eigenvalue weighted by molar-refractivity contribution is 7.89. The van der Waals surface area contributed by atoms with Gasteiger partial charge >= 0.3 is 0 Å². The van der Waals surface area contributed by atoms with Gasteiger partial charge in [0.05, 0.1) is 28.9 Å². The van der Waals surface area contributed by atoms with Gasteiger partial charge in [0, 0.05) is 30.9 Å². The number of amides is 1. The van der Waals surface area contributed by atoms with Crippen molar-refractivity contribution in [2.75, 3.05) is 11.4 Å². The summed E-state index contributed by atoms with van der Waals surface area (Å²) < 4.78 is 30.1. The van der Waals surface area contributed by atoms with E-state index in [-0.39, 0.29) is 22.9 Å². The number of benzene rings is 1. The van der Waals surface area contributed by atoms with Crippen molar-refractivity contribution >= 4 is 21.6 Å². The molecule has 10 heteroatoms. The molecule has 1 aliphatic carbocycles. The second-order valence-electron chi connectivity index (χ2n) is 9.19. The maximum absolute atomic E-state index is 13.3. The van der Waals surface area contributed by atoms with Gasteiger partial charge in [-0.3, -0.25) is 14.4 Å². The Morgan fingerprint density at radius 3 is 2.58 bits per heavy atom. The topological polar surface area (TPSA) is 108 Å². The number of carbonyl (C=O) groups excluding carboxylic acids is 1. The second-order valence-corrected chi connectivity index (χ2v) is 10.9. The van der Waals surface area contributed by atoms with E-state index >= 15 is 0 Å². The number of aromatic nitrogens is 2. The van der Waals surface area contributed by atoms with E-state index in [0.717, 1.165) is 18.4 Å². The molecule has 168 valence electrons. The lowest BCUT2D eigenvalue weighted by molar-refractivity contribution is -0.00347. The summed E-state index contributed by atoms with van der Waals surface area (Å²) in [5.74, 6) is -0.197. The molecular weight excluding hydrogens is 418 g/mol. The molecule has 1 aromatic heterocycles. The lowest BCUT2D eigenvalue weighted by atomic mass is 10.1. The molecule has 0 saturated heterocycles. The number of nitrogens with one attached hydrogen (secondary N) is 1. The quantitative estimate of drug-likeness (QED) is 0.668. The smallest absolute Gasteiger partial charge is 0.259 e. The maximum atomic E-state index is 13.3. The molecule has 1 unspecified atom stereocenters. The SMILES string of the molecule is CC(C)CN1c2ccc(S(=O)(=O)NC3(C)CC3)cc2C(=O)N(Cc2cnn(C)c2)C1O. The van der Waals surface area contributed by atoms with Crippen molar-refractivity contribution < 1.29 is 18.3 Å². The molecule has 9 nitrogen and oxygen atoms in total. The number of hydrogen-bond donors (Lipinski definition) is 2. The van der Waals surface area contributed by atoms with Crippen LogP contribution in [0.2, 0.25) is 0 Å². The molecule has 2 aliphatic rings. The fourth-order valence-electron chi connectivity index (χ4n) is 3.82. The number of rotatable bonds is 7. The Morgan fingerprint density at radius 2 is 2.00 bits per heavy atom. The van der Waals surface area contributed by atoms with Crippen LogP contribution in [0.15, 0.2) is 35.5 Å². The lowest BCUT2D eigenvalue weighted by Gasteiger charge is -2.43. The number of fused-ring (bicyclic) bond motifs is 1. The molecule has 1 aliphatic heterocycles. The molecule has 2 N–H and O–H groups in total. The standard InChI is InChI=1S/C21H29N5O4S/c1-14(2)11-25-18-6-5-16(31(29,30)23-21(3)7-8-21)9-17(18)19(27)26(20(25)28)13-15-10-22-24(4)12-15/h5-6,9-10,12,14,20,23,28H,7-8,11,13H2,1-4H3. The van der Waals surface area contributed by atoms with Gasteiger partial charge in [0.1, 0.15) is 0 Å². The zero-order valence-corrected chi connectivity index (χ0v) is 19.1. The minimum absolute atomic E-state index is 0.0509. The molecule has 1 atom stereocenters. The highest BCUT2D eigenvalue weighted by atomic mass is 32.2. The molecule has 0 radical (unpaired) electrons. The minimum Gasteiger partial charge on any atom is -0.356 e. The summed E-state index contributed by atoms with van der Waals surface area (Å²) in [6, 6.07) is 4.53. The Kier molecular flexibility index (Phi) is 5.35. The van der Waals surface area contributed by atoms with Crippen LogP contribution >= 0.6 is 0 Å². The molecule has 1 fully saturated rings. The number of carbonyl (C=O) groups is 1.